The molecule has 0 atom stereocenters. The van der Waals surface area contributed by atoms with Gasteiger partial charge in [0.2, 0.25) is 6.79 Å². The fourth-order valence-corrected chi connectivity index (χ4v) is 3.12. The molecule has 0 spiro atoms. The maximum absolute atomic E-state index is 12.1. The van der Waals surface area contributed by atoms with E-state index in [-0.39, 0.29) is 12.5 Å². The van der Waals surface area contributed by atoms with Crippen molar-refractivity contribution in [3.8, 4) is 11.5 Å². The van der Waals surface area contributed by atoms with Crippen molar-refractivity contribution in [3.63, 3.8) is 0 Å². The van der Waals surface area contributed by atoms with E-state index in [1.165, 1.54) is 0 Å². The predicted octanol–water partition coefficient (Wildman–Crippen LogP) is 2.26. The van der Waals surface area contributed by atoms with Gasteiger partial charge in [0.25, 0.3) is 10.0 Å². The average Bonchev–Trinajstić information content (AvgIpc) is 3.01. The Morgan fingerprint density at radius 2 is 1.87 bits per heavy atom. The lowest BCUT2D eigenvalue weighted by atomic mass is 10.1. The molecule has 7 heteroatoms. The first-order valence-electron chi connectivity index (χ1n) is 7.01. The normalized spacial score (nSPS) is 13.9. The van der Waals surface area contributed by atoms with Crippen LogP contribution < -0.4 is 14.3 Å². The molecular weight excluding hydrogens is 316 g/mol. The van der Waals surface area contributed by atoms with Crippen molar-refractivity contribution in [1.82, 2.24) is 4.83 Å². The van der Waals surface area contributed by atoms with Gasteiger partial charge in [-0.1, -0.05) is 30.3 Å². The first-order chi connectivity index (χ1) is 11.0. The number of hydrazone groups is 1. The highest BCUT2D eigenvalue weighted by Gasteiger charge is 2.15. The van der Waals surface area contributed by atoms with E-state index in [4.69, 9.17) is 9.47 Å². The molecule has 0 aromatic heterocycles. The molecule has 0 unspecified atom stereocenters. The standard InChI is InChI=1S/C16H16N2O4S/c1-12(14-7-8-15-16(9-14)22-11-21-15)17-18-23(19,20)10-13-5-3-2-4-6-13/h2-9,18H,10-11H2,1H3/b17-12+. The Labute approximate surface area is 134 Å². The molecule has 6 nitrogen and oxygen atoms in total. The molecule has 0 amide bonds. The van der Waals surface area contributed by atoms with Crippen LogP contribution in [0.25, 0.3) is 0 Å². The van der Waals surface area contributed by atoms with E-state index >= 15 is 0 Å². The molecule has 1 aliphatic heterocycles. The minimum Gasteiger partial charge on any atom is -0.454 e. The molecule has 0 bridgehead atoms. The third-order valence-electron chi connectivity index (χ3n) is 3.34. The summed E-state index contributed by atoms with van der Waals surface area (Å²) in [5.74, 6) is 1.18. The molecule has 23 heavy (non-hydrogen) atoms. The topological polar surface area (TPSA) is 77.0 Å². The number of hydrogen-bond donors (Lipinski definition) is 1. The van der Waals surface area contributed by atoms with E-state index in [1.807, 2.05) is 6.07 Å². The van der Waals surface area contributed by atoms with Gasteiger partial charge < -0.3 is 9.47 Å². The summed E-state index contributed by atoms with van der Waals surface area (Å²) in [6.45, 7) is 1.92. The van der Waals surface area contributed by atoms with Crippen LogP contribution in [-0.2, 0) is 15.8 Å². The zero-order chi connectivity index (χ0) is 16.3. The lowest BCUT2D eigenvalue weighted by Gasteiger charge is -2.06. The SMILES string of the molecule is C/C(=N\NS(=O)(=O)Cc1ccccc1)c1ccc2c(c1)OCO2. The lowest BCUT2D eigenvalue weighted by molar-refractivity contribution is 0.174. The molecule has 0 radical (unpaired) electrons. The number of benzene rings is 2. The van der Waals surface area contributed by atoms with Gasteiger partial charge in [-0.15, -0.1) is 0 Å². The Morgan fingerprint density at radius 1 is 1.13 bits per heavy atom. The Bertz CT molecular complexity index is 832. The second-order valence-corrected chi connectivity index (χ2v) is 6.80. The summed E-state index contributed by atoms with van der Waals surface area (Å²) in [5, 5.41) is 3.97. The molecule has 0 saturated carbocycles. The summed E-state index contributed by atoms with van der Waals surface area (Å²) in [6, 6.07) is 14.3. The number of ether oxygens (including phenoxy) is 2. The number of hydrogen-bond acceptors (Lipinski definition) is 5. The van der Waals surface area contributed by atoms with Crippen molar-refractivity contribution < 1.29 is 17.9 Å². The van der Waals surface area contributed by atoms with E-state index in [9.17, 15) is 8.42 Å². The number of nitrogens with one attached hydrogen (secondary N) is 1. The van der Waals surface area contributed by atoms with Gasteiger partial charge in [-0.25, -0.2) is 13.2 Å². The molecular formula is C16H16N2O4S. The predicted molar refractivity (Wildman–Crippen MR) is 87.0 cm³/mol. The van der Waals surface area contributed by atoms with Crippen molar-refractivity contribution in [2.45, 2.75) is 12.7 Å². The number of fused-ring (bicyclic) bond motifs is 1. The van der Waals surface area contributed by atoms with Crippen LogP contribution in [0.3, 0.4) is 0 Å². The zero-order valence-electron chi connectivity index (χ0n) is 12.5. The van der Waals surface area contributed by atoms with E-state index in [0.717, 1.165) is 5.56 Å². The van der Waals surface area contributed by atoms with Crippen LogP contribution in [0.2, 0.25) is 0 Å². The van der Waals surface area contributed by atoms with Crippen LogP contribution >= 0.6 is 0 Å². The fraction of sp³-hybridized carbons (Fsp3) is 0.188. The quantitative estimate of drug-likeness (QED) is 0.673. The molecule has 2 aromatic rings. The van der Waals surface area contributed by atoms with Crippen LogP contribution in [0, 0.1) is 0 Å². The fourth-order valence-electron chi connectivity index (χ4n) is 2.15. The molecule has 2 aromatic carbocycles. The number of nitrogens with zero attached hydrogens (tertiary/aromatic N) is 1. The van der Waals surface area contributed by atoms with Crippen LogP contribution in [0.15, 0.2) is 53.6 Å². The van der Waals surface area contributed by atoms with Gasteiger partial charge in [0.15, 0.2) is 11.5 Å². The second kappa shape index (κ2) is 6.29. The number of sulfonamides is 1. The van der Waals surface area contributed by atoms with Gasteiger partial charge in [0, 0.05) is 5.56 Å². The van der Waals surface area contributed by atoms with E-state index in [2.05, 4.69) is 9.93 Å². The molecule has 0 aliphatic carbocycles. The van der Waals surface area contributed by atoms with Gasteiger partial charge in [0.05, 0.1) is 11.5 Å². The van der Waals surface area contributed by atoms with Gasteiger partial charge in [-0.05, 0) is 30.7 Å². The monoisotopic (exact) mass is 332 g/mol. The molecule has 120 valence electrons. The second-order valence-electron chi connectivity index (χ2n) is 5.10. The van der Waals surface area contributed by atoms with Gasteiger partial charge >= 0.3 is 0 Å². The molecule has 1 N–H and O–H groups in total. The summed E-state index contributed by atoms with van der Waals surface area (Å²) in [7, 11) is -3.54. The van der Waals surface area contributed by atoms with Crippen LogP contribution in [0.5, 0.6) is 11.5 Å². The Morgan fingerprint density at radius 3 is 2.65 bits per heavy atom. The van der Waals surface area contributed by atoms with E-state index < -0.39 is 10.0 Å². The van der Waals surface area contributed by atoms with Crippen LogP contribution in [-0.4, -0.2) is 20.9 Å². The Kier molecular flexibility index (Phi) is 4.20. The first kappa shape index (κ1) is 15.4. The molecule has 0 fully saturated rings. The summed E-state index contributed by atoms with van der Waals surface area (Å²) in [6.07, 6.45) is 0. The highest BCUT2D eigenvalue weighted by atomic mass is 32.2. The molecule has 3 rings (SSSR count). The van der Waals surface area contributed by atoms with Gasteiger partial charge in [-0.3, -0.25) is 0 Å². The lowest BCUT2D eigenvalue weighted by Crippen LogP contribution is -2.21. The van der Waals surface area contributed by atoms with E-state index in [0.29, 0.717) is 22.8 Å². The summed E-state index contributed by atoms with van der Waals surface area (Å²) < 4.78 is 34.7. The van der Waals surface area contributed by atoms with Crippen molar-refractivity contribution in [1.29, 1.82) is 0 Å². The van der Waals surface area contributed by atoms with Crippen LogP contribution in [0.4, 0.5) is 0 Å². The molecule has 0 saturated heterocycles. The summed E-state index contributed by atoms with van der Waals surface area (Å²) in [5.41, 5.74) is 2.01. The van der Waals surface area contributed by atoms with Crippen molar-refractivity contribution >= 4 is 15.7 Å². The number of rotatable bonds is 5. The van der Waals surface area contributed by atoms with Crippen molar-refractivity contribution in [3.05, 3.63) is 59.7 Å². The van der Waals surface area contributed by atoms with Crippen molar-refractivity contribution in [2.75, 3.05) is 6.79 Å². The maximum atomic E-state index is 12.1. The molecule has 1 heterocycles. The highest BCUT2D eigenvalue weighted by Crippen LogP contribution is 2.32. The van der Waals surface area contributed by atoms with Gasteiger partial charge in [0.1, 0.15) is 0 Å². The third-order valence-corrected chi connectivity index (χ3v) is 4.43. The zero-order valence-corrected chi connectivity index (χ0v) is 13.3. The maximum Gasteiger partial charge on any atom is 0.251 e. The Hall–Kier alpha value is -2.54. The smallest absolute Gasteiger partial charge is 0.251 e. The molecule has 1 aliphatic rings. The minimum atomic E-state index is -3.54. The van der Waals surface area contributed by atoms with Crippen LogP contribution in [0.1, 0.15) is 18.1 Å². The largest absolute Gasteiger partial charge is 0.454 e. The highest BCUT2D eigenvalue weighted by molar-refractivity contribution is 7.88. The Balaban J connectivity index is 1.71. The summed E-state index contributed by atoms with van der Waals surface area (Å²) in [4.78, 5) is 2.26. The summed E-state index contributed by atoms with van der Waals surface area (Å²) >= 11 is 0. The average molecular weight is 332 g/mol. The van der Waals surface area contributed by atoms with E-state index in [1.54, 1.807) is 49.4 Å². The van der Waals surface area contributed by atoms with Gasteiger partial charge in [-0.2, -0.15) is 5.10 Å². The first-order valence-corrected chi connectivity index (χ1v) is 8.66. The third kappa shape index (κ3) is 3.81. The van der Waals surface area contributed by atoms with Crippen molar-refractivity contribution in [2.24, 2.45) is 5.10 Å². The minimum absolute atomic E-state index is 0.119.